The molecule has 180 valence electrons. The molecule has 10 heteroatoms. The van der Waals surface area contributed by atoms with Crippen LogP contribution in [0, 0.1) is 6.92 Å². The molecule has 1 saturated carbocycles. The number of aromatic nitrogens is 4. The number of hydrogen-bond donors (Lipinski definition) is 1. The van der Waals surface area contributed by atoms with Gasteiger partial charge in [-0.2, -0.15) is 4.80 Å². The first kappa shape index (κ1) is 23.5. The minimum absolute atomic E-state index is 0.0414. The highest BCUT2D eigenvalue weighted by molar-refractivity contribution is 5.84. The number of ether oxygens (including phenoxy) is 1. The third-order valence-corrected chi connectivity index (χ3v) is 5.88. The van der Waals surface area contributed by atoms with E-state index >= 15 is 0 Å². The number of tetrazole rings is 1. The molecule has 1 aliphatic carbocycles. The fourth-order valence-corrected chi connectivity index (χ4v) is 4.06. The predicted molar refractivity (Wildman–Crippen MR) is 124 cm³/mol. The summed E-state index contributed by atoms with van der Waals surface area (Å²) in [7, 11) is 1.60. The topological polar surface area (TPSA) is 115 Å². The highest BCUT2D eigenvalue weighted by Gasteiger charge is 2.22. The molecule has 0 atom stereocenters. The number of amides is 2. The van der Waals surface area contributed by atoms with E-state index in [0.717, 1.165) is 42.8 Å². The van der Waals surface area contributed by atoms with E-state index in [1.54, 1.807) is 13.2 Å². The van der Waals surface area contributed by atoms with Crippen LogP contribution < -0.4 is 10.1 Å². The number of carbonyl (C=O) groups is 2. The van der Waals surface area contributed by atoms with Crippen LogP contribution in [-0.2, 0) is 22.7 Å². The molecule has 2 heterocycles. The molecule has 0 spiro atoms. The molecule has 0 unspecified atom stereocenters. The van der Waals surface area contributed by atoms with Gasteiger partial charge in [0.05, 0.1) is 13.7 Å². The number of nitrogens with zero attached hydrogens (tertiary/aromatic N) is 5. The van der Waals surface area contributed by atoms with E-state index in [9.17, 15) is 9.59 Å². The first-order chi connectivity index (χ1) is 16.5. The van der Waals surface area contributed by atoms with Gasteiger partial charge in [0.15, 0.2) is 5.76 Å². The van der Waals surface area contributed by atoms with Gasteiger partial charge in [-0.15, -0.1) is 10.2 Å². The van der Waals surface area contributed by atoms with Gasteiger partial charge < -0.3 is 19.4 Å². The van der Waals surface area contributed by atoms with Crippen molar-refractivity contribution in [1.82, 2.24) is 30.4 Å². The second-order valence-electron chi connectivity index (χ2n) is 8.55. The monoisotopic (exact) mass is 466 g/mol. The molecule has 3 aromatic rings. The highest BCUT2D eigenvalue weighted by atomic mass is 16.5. The third kappa shape index (κ3) is 6.21. The molecule has 34 heavy (non-hydrogen) atoms. The molecule has 1 aromatic carbocycles. The van der Waals surface area contributed by atoms with Crippen LogP contribution in [0.15, 0.2) is 40.8 Å². The van der Waals surface area contributed by atoms with Gasteiger partial charge >= 0.3 is 0 Å². The van der Waals surface area contributed by atoms with Gasteiger partial charge in [0.1, 0.15) is 18.1 Å². The predicted octanol–water partition coefficient (Wildman–Crippen LogP) is 2.73. The Labute approximate surface area is 198 Å². The molecule has 0 aliphatic heterocycles. The normalized spacial score (nSPS) is 14.1. The molecule has 0 bridgehead atoms. The molecule has 1 N–H and O–H groups in total. The number of aryl methyl sites for hydroxylation is 1. The number of methoxy groups -OCH3 is 1. The first-order valence-electron chi connectivity index (χ1n) is 11.5. The molecule has 0 saturated heterocycles. The van der Waals surface area contributed by atoms with Crippen LogP contribution in [-0.4, -0.2) is 56.6 Å². The Morgan fingerprint density at radius 1 is 1.15 bits per heavy atom. The molecule has 2 amide bonds. The highest BCUT2D eigenvalue weighted by Crippen LogP contribution is 2.18. The summed E-state index contributed by atoms with van der Waals surface area (Å²) >= 11 is 0. The molecule has 1 aliphatic rings. The fourth-order valence-electron chi connectivity index (χ4n) is 4.06. The van der Waals surface area contributed by atoms with E-state index in [-0.39, 0.29) is 37.5 Å². The maximum atomic E-state index is 13.2. The lowest BCUT2D eigenvalue weighted by molar-refractivity contribution is -0.137. The Hall–Kier alpha value is -3.69. The van der Waals surface area contributed by atoms with Crippen LogP contribution in [0.25, 0.3) is 11.6 Å². The standard InChI is InChI=1S/C24H30N6O4/c1-17-8-13-21(34-17)24-26-28-30(27-24)16-23(32)29(14-18-9-11-20(33-2)12-10-18)15-22(31)25-19-6-4-3-5-7-19/h8-13,19H,3-7,14-16H2,1-2H3,(H,25,31). The van der Waals surface area contributed by atoms with Crippen molar-refractivity contribution in [2.24, 2.45) is 0 Å². The third-order valence-electron chi connectivity index (χ3n) is 5.88. The lowest BCUT2D eigenvalue weighted by atomic mass is 9.95. The summed E-state index contributed by atoms with van der Waals surface area (Å²) in [6, 6.07) is 11.2. The van der Waals surface area contributed by atoms with E-state index in [1.807, 2.05) is 37.3 Å². The van der Waals surface area contributed by atoms with Crippen molar-refractivity contribution in [3.05, 3.63) is 47.7 Å². The van der Waals surface area contributed by atoms with Crippen LogP contribution in [0.2, 0.25) is 0 Å². The zero-order chi connectivity index (χ0) is 23.9. The minimum Gasteiger partial charge on any atom is -0.497 e. The van der Waals surface area contributed by atoms with Crippen molar-refractivity contribution in [2.45, 2.75) is 58.2 Å². The van der Waals surface area contributed by atoms with Crippen molar-refractivity contribution in [1.29, 1.82) is 0 Å². The fraction of sp³-hybridized carbons (Fsp3) is 0.458. The van der Waals surface area contributed by atoms with Crippen LogP contribution in [0.1, 0.15) is 43.4 Å². The van der Waals surface area contributed by atoms with Gasteiger partial charge in [-0.25, -0.2) is 0 Å². The Morgan fingerprint density at radius 2 is 1.91 bits per heavy atom. The second kappa shape index (κ2) is 11.0. The van der Waals surface area contributed by atoms with Gasteiger partial charge in [0.2, 0.25) is 17.6 Å². The molecule has 2 aromatic heterocycles. The number of hydrogen-bond acceptors (Lipinski definition) is 7. The maximum absolute atomic E-state index is 13.2. The maximum Gasteiger partial charge on any atom is 0.247 e. The van der Waals surface area contributed by atoms with Crippen LogP contribution in [0.3, 0.4) is 0 Å². The van der Waals surface area contributed by atoms with Crippen LogP contribution >= 0.6 is 0 Å². The van der Waals surface area contributed by atoms with E-state index in [1.165, 1.54) is 16.1 Å². The Kier molecular flexibility index (Phi) is 7.56. The summed E-state index contributed by atoms with van der Waals surface area (Å²) in [5.74, 6) is 1.80. The minimum atomic E-state index is -0.283. The molecular formula is C24H30N6O4. The number of furan rings is 1. The lowest BCUT2D eigenvalue weighted by Crippen LogP contribution is -2.45. The zero-order valence-corrected chi connectivity index (χ0v) is 19.6. The van der Waals surface area contributed by atoms with Gasteiger partial charge in [0, 0.05) is 12.6 Å². The SMILES string of the molecule is COc1ccc(CN(CC(=O)NC2CCCCC2)C(=O)Cn2nnc(-c3ccc(C)o3)n2)cc1. The van der Waals surface area contributed by atoms with Gasteiger partial charge in [0.25, 0.3) is 0 Å². The molecule has 0 radical (unpaired) electrons. The van der Waals surface area contributed by atoms with E-state index in [4.69, 9.17) is 9.15 Å². The van der Waals surface area contributed by atoms with Gasteiger partial charge in [-0.1, -0.05) is 31.4 Å². The van der Waals surface area contributed by atoms with Gasteiger partial charge in [-0.05, 0) is 54.8 Å². The summed E-state index contributed by atoms with van der Waals surface area (Å²) in [4.78, 5) is 28.7. The smallest absolute Gasteiger partial charge is 0.247 e. The average molecular weight is 467 g/mol. The van der Waals surface area contributed by atoms with Crippen molar-refractivity contribution >= 4 is 11.8 Å². The lowest BCUT2D eigenvalue weighted by Gasteiger charge is -2.26. The zero-order valence-electron chi connectivity index (χ0n) is 19.6. The number of benzene rings is 1. The van der Waals surface area contributed by atoms with E-state index in [0.29, 0.717) is 11.6 Å². The Bertz CT molecular complexity index is 1100. The summed E-state index contributed by atoms with van der Waals surface area (Å²) in [5.41, 5.74) is 0.887. The Balaban J connectivity index is 1.44. The largest absolute Gasteiger partial charge is 0.497 e. The summed E-state index contributed by atoms with van der Waals surface area (Å²) in [6.45, 7) is 1.92. The molecule has 4 rings (SSSR count). The summed E-state index contributed by atoms with van der Waals surface area (Å²) < 4.78 is 10.7. The van der Waals surface area contributed by atoms with Crippen LogP contribution in [0.4, 0.5) is 0 Å². The average Bonchev–Trinajstić information content (AvgIpc) is 3.48. The summed E-state index contributed by atoms with van der Waals surface area (Å²) in [5, 5.41) is 15.3. The van der Waals surface area contributed by atoms with Crippen molar-refractivity contribution in [3.8, 4) is 17.3 Å². The van der Waals surface area contributed by atoms with Crippen molar-refractivity contribution in [2.75, 3.05) is 13.7 Å². The number of carbonyl (C=O) groups excluding carboxylic acids is 2. The molecule has 1 fully saturated rings. The number of nitrogens with one attached hydrogen (secondary N) is 1. The van der Waals surface area contributed by atoms with E-state index in [2.05, 4.69) is 20.7 Å². The van der Waals surface area contributed by atoms with Gasteiger partial charge in [-0.3, -0.25) is 9.59 Å². The molecule has 10 nitrogen and oxygen atoms in total. The second-order valence-corrected chi connectivity index (χ2v) is 8.55. The first-order valence-corrected chi connectivity index (χ1v) is 11.5. The summed E-state index contributed by atoms with van der Waals surface area (Å²) in [6.07, 6.45) is 5.41. The molecular weight excluding hydrogens is 436 g/mol. The van der Waals surface area contributed by atoms with E-state index < -0.39 is 0 Å². The quantitative estimate of drug-likeness (QED) is 0.515. The van der Waals surface area contributed by atoms with Crippen molar-refractivity contribution < 1.29 is 18.7 Å². The van der Waals surface area contributed by atoms with Crippen molar-refractivity contribution in [3.63, 3.8) is 0 Å². The van der Waals surface area contributed by atoms with Crippen LogP contribution in [0.5, 0.6) is 5.75 Å². The number of rotatable bonds is 9. The Morgan fingerprint density at radius 3 is 2.59 bits per heavy atom.